The number of nitrogens with one attached hydrogen (secondary N) is 1. The minimum absolute atomic E-state index is 0.0108. The molecule has 90 valence electrons. The number of rotatable bonds is 7. The van der Waals surface area contributed by atoms with Crippen LogP contribution >= 0.6 is 0 Å². The lowest BCUT2D eigenvalue weighted by Crippen LogP contribution is -2.40. The molecule has 2 N–H and O–H groups in total. The third-order valence-electron chi connectivity index (χ3n) is 2.51. The molecule has 0 bridgehead atoms. The highest BCUT2D eigenvalue weighted by atomic mass is 16.3. The molecule has 0 spiro atoms. The van der Waals surface area contributed by atoms with Crippen molar-refractivity contribution in [3.05, 3.63) is 0 Å². The number of aliphatic hydroxyl groups is 1. The molecule has 0 radical (unpaired) electrons. The van der Waals surface area contributed by atoms with Gasteiger partial charge in [0, 0.05) is 26.2 Å². The second-order valence-electron chi connectivity index (χ2n) is 3.83. The molecule has 0 aromatic rings. The summed E-state index contributed by atoms with van der Waals surface area (Å²) in [4.78, 5) is 13.2. The number of carbonyl (C=O) groups excluding carboxylic acids is 1. The largest absolute Gasteiger partial charge is 0.396 e. The Labute approximate surface area is 92.7 Å². The van der Waals surface area contributed by atoms with Crippen molar-refractivity contribution < 1.29 is 9.90 Å². The summed E-state index contributed by atoms with van der Waals surface area (Å²) in [7, 11) is 0. The first-order chi connectivity index (χ1) is 7.15. The average molecular weight is 216 g/mol. The van der Waals surface area contributed by atoms with Gasteiger partial charge in [0.1, 0.15) is 0 Å². The summed E-state index contributed by atoms with van der Waals surface area (Å²) in [5.41, 5.74) is 0. The highest BCUT2D eigenvalue weighted by Gasteiger charge is 2.07. The van der Waals surface area contributed by atoms with Crippen LogP contribution in [0.4, 0.5) is 4.79 Å². The molecule has 15 heavy (non-hydrogen) atoms. The maximum Gasteiger partial charge on any atom is 0.317 e. The maximum absolute atomic E-state index is 11.5. The van der Waals surface area contributed by atoms with Crippen molar-refractivity contribution in [1.29, 1.82) is 0 Å². The van der Waals surface area contributed by atoms with Crippen molar-refractivity contribution in [3.8, 4) is 0 Å². The molecule has 0 aromatic heterocycles. The maximum atomic E-state index is 11.5. The van der Waals surface area contributed by atoms with E-state index in [4.69, 9.17) is 5.11 Å². The van der Waals surface area contributed by atoms with Gasteiger partial charge in [-0.3, -0.25) is 0 Å². The highest BCUT2D eigenvalue weighted by molar-refractivity contribution is 5.73. The van der Waals surface area contributed by atoms with Crippen LogP contribution in [0.15, 0.2) is 0 Å². The Balaban J connectivity index is 3.54. The lowest BCUT2D eigenvalue weighted by Gasteiger charge is -2.19. The first kappa shape index (κ1) is 14.2. The Morgan fingerprint density at radius 1 is 1.40 bits per heavy atom. The van der Waals surface area contributed by atoms with E-state index in [2.05, 4.69) is 5.32 Å². The molecule has 1 unspecified atom stereocenters. The van der Waals surface area contributed by atoms with Crippen molar-refractivity contribution >= 4 is 6.03 Å². The first-order valence-corrected chi connectivity index (χ1v) is 5.79. The van der Waals surface area contributed by atoms with Crippen molar-refractivity contribution in [2.45, 2.75) is 33.6 Å². The Bertz CT molecular complexity index is 170. The molecule has 0 aromatic carbocycles. The summed E-state index contributed by atoms with van der Waals surface area (Å²) < 4.78 is 0. The fraction of sp³-hybridized carbons (Fsp3) is 0.909. The smallest absolute Gasteiger partial charge is 0.317 e. The Hall–Kier alpha value is -0.770. The van der Waals surface area contributed by atoms with Crippen LogP contribution in [-0.2, 0) is 0 Å². The number of urea groups is 1. The molecule has 0 fully saturated rings. The SMILES string of the molecule is CCN(CC)C(=O)NCCCC(C)CO. The van der Waals surface area contributed by atoms with E-state index in [1.807, 2.05) is 20.8 Å². The summed E-state index contributed by atoms with van der Waals surface area (Å²) >= 11 is 0. The second-order valence-corrected chi connectivity index (χ2v) is 3.83. The van der Waals surface area contributed by atoms with Gasteiger partial charge in [-0.1, -0.05) is 6.92 Å². The molecule has 0 rings (SSSR count). The van der Waals surface area contributed by atoms with Crippen LogP contribution in [-0.4, -0.2) is 42.3 Å². The van der Waals surface area contributed by atoms with Crippen LogP contribution in [0, 0.1) is 5.92 Å². The fourth-order valence-electron chi connectivity index (χ4n) is 1.36. The third-order valence-corrected chi connectivity index (χ3v) is 2.51. The van der Waals surface area contributed by atoms with Crippen LogP contribution in [0.2, 0.25) is 0 Å². The number of amides is 2. The number of aliphatic hydroxyl groups excluding tert-OH is 1. The predicted molar refractivity (Wildman–Crippen MR) is 61.8 cm³/mol. The average Bonchev–Trinajstić information content (AvgIpc) is 2.25. The summed E-state index contributed by atoms with van der Waals surface area (Å²) in [6.45, 7) is 8.36. The van der Waals surface area contributed by atoms with Gasteiger partial charge < -0.3 is 15.3 Å². The zero-order valence-electron chi connectivity index (χ0n) is 10.1. The Morgan fingerprint density at radius 3 is 2.47 bits per heavy atom. The van der Waals surface area contributed by atoms with Crippen molar-refractivity contribution in [3.63, 3.8) is 0 Å². The lowest BCUT2D eigenvalue weighted by atomic mass is 10.1. The molecular formula is C11H24N2O2. The third kappa shape index (κ3) is 6.33. The minimum Gasteiger partial charge on any atom is -0.396 e. The van der Waals surface area contributed by atoms with E-state index >= 15 is 0 Å². The van der Waals surface area contributed by atoms with E-state index in [1.165, 1.54) is 0 Å². The van der Waals surface area contributed by atoms with Crippen LogP contribution < -0.4 is 5.32 Å². The van der Waals surface area contributed by atoms with Crippen LogP contribution in [0.5, 0.6) is 0 Å². The topological polar surface area (TPSA) is 52.6 Å². The summed E-state index contributed by atoms with van der Waals surface area (Å²) in [6.07, 6.45) is 1.88. The second kappa shape index (κ2) is 8.53. The van der Waals surface area contributed by atoms with Crippen LogP contribution in [0.3, 0.4) is 0 Å². The summed E-state index contributed by atoms with van der Waals surface area (Å²) in [6, 6.07) is 0.0108. The fourth-order valence-corrected chi connectivity index (χ4v) is 1.36. The first-order valence-electron chi connectivity index (χ1n) is 5.79. The van der Waals surface area contributed by atoms with Crippen molar-refractivity contribution in [2.75, 3.05) is 26.2 Å². The van der Waals surface area contributed by atoms with Gasteiger partial charge in [-0.2, -0.15) is 0 Å². The van der Waals surface area contributed by atoms with E-state index in [0.29, 0.717) is 12.5 Å². The molecular weight excluding hydrogens is 192 g/mol. The standard InChI is InChI=1S/C11H24N2O2/c1-4-13(5-2)11(15)12-8-6-7-10(3)9-14/h10,14H,4-9H2,1-3H3,(H,12,15). The van der Waals surface area contributed by atoms with Gasteiger partial charge in [-0.15, -0.1) is 0 Å². The van der Waals surface area contributed by atoms with E-state index in [-0.39, 0.29) is 12.6 Å². The van der Waals surface area contributed by atoms with Gasteiger partial charge in [0.05, 0.1) is 0 Å². The van der Waals surface area contributed by atoms with Gasteiger partial charge in [0.25, 0.3) is 0 Å². The van der Waals surface area contributed by atoms with Gasteiger partial charge in [0.15, 0.2) is 0 Å². The summed E-state index contributed by atoms with van der Waals surface area (Å²) in [5, 5.41) is 11.7. The normalized spacial score (nSPS) is 12.3. The Kier molecular flexibility index (Phi) is 8.09. The Morgan fingerprint density at radius 2 is 2.00 bits per heavy atom. The molecule has 0 saturated heterocycles. The lowest BCUT2D eigenvalue weighted by molar-refractivity contribution is 0.201. The number of hydrogen-bond donors (Lipinski definition) is 2. The van der Waals surface area contributed by atoms with Crippen LogP contribution in [0.1, 0.15) is 33.6 Å². The predicted octanol–water partition coefficient (Wildman–Crippen LogP) is 1.45. The van der Waals surface area contributed by atoms with Gasteiger partial charge in [0.2, 0.25) is 0 Å². The van der Waals surface area contributed by atoms with Gasteiger partial charge in [-0.25, -0.2) is 4.79 Å². The molecule has 0 heterocycles. The molecule has 0 aliphatic heterocycles. The minimum atomic E-state index is 0.0108. The number of carbonyl (C=O) groups is 1. The molecule has 0 aliphatic carbocycles. The highest BCUT2D eigenvalue weighted by Crippen LogP contribution is 2.02. The molecule has 2 amide bonds. The van der Waals surface area contributed by atoms with Crippen molar-refractivity contribution in [2.24, 2.45) is 5.92 Å². The van der Waals surface area contributed by atoms with E-state index < -0.39 is 0 Å². The number of hydrogen-bond acceptors (Lipinski definition) is 2. The van der Waals surface area contributed by atoms with E-state index in [9.17, 15) is 4.79 Å². The van der Waals surface area contributed by atoms with Gasteiger partial charge in [-0.05, 0) is 32.6 Å². The van der Waals surface area contributed by atoms with Crippen LogP contribution in [0.25, 0.3) is 0 Å². The zero-order chi connectivity index (χ0) is 11.7. The van der Waals surface area contributed by atoms with Gasteiger partial charge >= 0.3 is 6.03 Å². The van der Waals surface area contributed by atoms with E-state index in [1.54, 1.807) is 4.90 Å². The zero-order valence-corrected chi connectivity index (χ0v) is 10.1. The monoisotopic (exact) mass is 216 g/mol. The van der Waals surface area contributed by atoms with Crippen molar-refractivity contribution in [1.82, 2.24) is 10.2 Å². The van der Waals surface area contributed by atoms with E-state index in [0.717, 1.165) is 25.9 Å². The molecule has 0 saturated carbocycles. The molecule has 1 atom stereocenters. The number of nitrogens with zero attached hydrogens (tertiary/aromatic N) is 1. The molecule has 0 aliphatic rings. The molecule has 4 nitrogen and oxygen atoms in total. The summed E-state index contributed by atoms with van der Waals surface area (Å²) in [5.74, 6) is 0.329. The molecule has 4 heteroatoms. The quantitative estimate of drug-likeness (QED) is 0.633.